The minimum absolute atomic E-state index is 0.284. The van der Waals surface area contributed by atoms with Gasteiger partial charge in [0.1, 0.15) is 0 Å². The zero-order chi connectivity index (χ0) is 18.8. The van der Waals surface area contributed by atoms with Crippen LogP contribution in [0.2, 0.25) is 5.02 Å². The highest BCUT2D eigenvalue weighted by atomic mass is 35.5. The van der Waals surface area contributed by atoms with Gasteiger partial charge in [0, 0.05) is 14.8 Å². The third kappa shape index (κ3) is 3.41. The lowest BCUT2D eigenvalue weighted by molar-refractivity contribution is 0.0531. The van der Waals surface area contributed by atoms with Crippen molar-refractivity contribution in [3.05, 3.63) is 83.4 Å². The van der Waals surface area contributed by atoms with Gasteiger partial charge in [-0.1, -0.05) is 71.9 Å². The molecule has 0 atom stereocenters. The van der Waals surface area contributed by atoms with Gasteiger partial charge >= 0.3 is 5.97 Å². The molecule has 0 saturated carbocycles. The molecule has 2 nitrogen and oxygen atoms in total. The van der Waals surface area contributed by atoms with Gasteiger partial charge in [-0.15, -0.1) is 0 Å². The molecule has 0 amide bonds. The zero-order valence-electron chi connectivity index (χ0n) is 14.7. The second-order valence-electron chi connectivity index (χ2n) is 6.07. The number of rotatable bonds is 4. The highest BCUT2D eigenvalue weighted by Gasteiger charge is 2.19. The summed E-state index contributed by atoms with van der Waals surface area (Å²) in [6.07, 6.45) is 0. The smallest absolute Gasteiger partial charge is 0.339 e. The van der Waals surface area contributed by atoms with Gasteiger partial charge < -0.3 is 4.74 Å². The van der Waals surface area contributed by atoms with Crippen LogP contribution in [0.4, 0.5) is 0 Å². The van der Waals surface area contributed by atoms with Crippen molar-refractivity contribution in [1.29, 1.82) is 0 Å². The highest BCUT2D eigenvalue weighted by Crippen LogP contribution is 2.42. The van der Waals surface area contributed by atoms with Gasteiger partial charge in [-0.2, -0.15) is 0 Å². The predicted molar refractivity (Wildman–Crippen MR) is 113 cm³/mol. The van der Waals surface area contributed by atoms with Crippen molar-refractivity contribution in [1.82, 2.24) is 0 Å². The number of hydrogen-bond acceptors (Lipinski definition) is 3. The Bertz CT molecular complexity index is 1080. The number of fused-ring (bicyclic) bond motifs is 2. The molecule has 0 aromatic heterocycles. The van der Waals surface area contributed by atoms with Crippen LogP contribution >= 0.6 is 23.4 Å². The molecule has 0 unspecified atom stereocenters. The summed E-state index contributed by atoms with van der Waals surface area (Å²) in [7, 11) is 0. The maximum Gasteiger partial charge on any atom is 0.339 e. The van der Waals surface area contributed by atoms with Gasteiger partial charge in [0.15, 0.2) is 0 Å². The highest BCUT2D eigenvalue weighted by molar-refractivity contribution is 7.99. The Balaban J connectivity index is 2.02. The summed E-state index contributed by atoms with van der Waals surface area (Å²) < 4.78 is 5.36. The van der Waals surface area contributed by atoms with Gasteiger partial charge in [0.25, 0.3) is 0 Å². The first-order valence-electron chi connectivity index (χ1n) is 8.73. The Morgan fingerprint density at radius 3 is 1.89 bits per heavy atom. The van der Waals surface area contributed by atoms with Crippen molar-refractivity contribution in [2.75, 3.05) is 6.61 Å². The van der Waals surface area contributed by atoms with E-state index in [0.29, 0.717) is 17.2 Å². The molecule has 0 aliphatic carbocycles. The van der Waals surface area contributed by atoms with Gasteiger partial charge in [-0.25, -0.2) is 4.79 Å². The minimum Gasteiger partial charge on any atom is -0.462 e. The van der Waals surface area contributed by atoms with E-state index in [4.69, 9.17) is 16.3 Å². The first-order valence-corrected chi connectivity index (χ1v) is 9.92. The monoisotopic (exact) mass is 392 g/mol. The van der Waals surface area contributed by atoms with Crippen LogP contribution < -0.4 is 0 Å². The van der Waals surface area contributed by atoms with Gasteiger partial charge in [-0.3, -0.25) is 0 Å². The topological polar surface area (TPSA) is 26.3 Å². The van der Waals surface area contributed by atoms with Crippen molar-refractivity contribution in [3.8, 4) is 0 Å². The van der Waals surface area contributed by atoms with E-state index in [1.165, 1.54) is 0 Å². The molecule has 4 heteroatoms. The Labute approximate surface area is 167 Å². The van der Waals surface area contributed by atoms with E-state index in [2.05, 4.69) is 12.1 Å². The SMILES string of the molecule is CCOC(=O)c1c2ccccc2c(Sc2ccc(Cl)cc2)c2ccccc12. The van der Waals surface area contributed by atoms with Gasteiger partial charge in [-0.05, 0) is 52.7 Å². The first kappa shape index (κ1) is 17.9. The molecule has 0 N–H and O–H groups in total. The summed E-state index contributed by atoms with van der Waals surface area (Å²) in [6.45, 7) is 2.18. The fourth-order valence-corrected chi connectivity index (χ4v) is 4.45. The third-order valence-corrected chi connectivity index (χ3v) is 5.80. The van der Waals surface area contributed by atoms with E-state index in [9.17, 15) is 4.79 Å². The lowest BCUT2D eigenvalue weighted by Crippen LogP contribution is -2.07. The van der Waals surface area contributed by atoms with Crippen molar-refractivity contribution in [2.45, 2.75) is 16.7 Å². The van der Waals surface area contributed by atoms with Crippen molar-refractivity contribution < 1.29 is 9.53 Å². The molecule has 4 rings (SSSR count). The Morgan fingerprint density at radius 1 is 0.852 bits per heavy atom. The Hall–Kier alpha value is -2.49. The molecule has 0 radical (unpaired) electrons. The average molecular weight is 393 g/mol. The Kier molecular flexibility index (Phi) is 5.06. The summed E-state index contributed by atoms with van der Waals surface area (Å²) in [5, 5.41) is 4.61. The summed E-state index contributed by atoms with van der Waals surface area (Å²) in [5.41, 5.74) is 0.628. The molecule has 4 aromatic carbocycles. The van der Waals surface area contributed by atoms with Crippen LogP contribution in [-0.4, -0.2) is 12.6 Å². The quantitative estimate of drug-likeness (QED) is 0.277. The van der Waals surface area contributed by atoms with E-state index in [1.54, 1.807) is 11.8 Å². The molecule has 134 valence electrons. The molecule has 0 heterocycles. The molecule has 0 saturated heterocycles. The van der Waals surface area contributed by atoms with Crippen LogP contribution in [-0.2, 0) is 4.74 Å². The van der Waals surface area contributed by atoms with Crippen molar-refractivity contribution >= 4 is 50.9 Å². The zero-order valence-corrected chi connectivity index (χ0v) is 16.3. The summed E-state index contributed by atoms with van der Waals surface area (Å²) in [5.74, 6) is -0.284. The summed E-state index contributed by atoms with van der Waals surface area (Å²) in [4.78, 5) is 15.0. The average Bonchev–Trinajstić information content (AvgIpc) is 2.69. The lowest BCUT2D eigenvalue weighted by Gasteiger charge is -2.15. The summed E-state index contributed by atoms with van der Waals surface area (Å²) >= 11 is 7.71. The van der Waals surface area contributed by atoms with Gasteiger partial charge in [0.05, 0.1) is 12.2 Å². The number of carbonyl (C=O) groups excluding carboxylic acids is 1. The lowest BCUT2D eigenvalue weighted by atomic mass is 9.96. The minimum atomic E-state index is -0.284. The molecular weight excluding hydrogens is 376 g/mol. The van der Waals surface area contributed by atoms with Crippen LogP contribution in [0.1, 0.15) is 17.3 Å². The van der Waals surface area contributed by atoms with E-state index in [-0.39, 0.29) is 5.97 Å². The predicted octanol–water partition coefficient (Wildman–Crippen LogP) is 6.97. The molecule has 0 aliphatic rings. The fourth-order valence-electron chi connectivity index (χ4n) is 3.24. The number of ether oxygens (including phenoxy) is 1. The van der Waals surface area contributed by atoms with E-state index < -0.39 is 0 Å². The van der Waals surface area contributed by atoms with E-state index in [0.717, 1.165) is 31.3 Å². The van der Waals surface area contributed by atoms with Crippen molar-refractivity contribution in [2.24, 2.45) is 0 Å². The second kappa shape index (κ2) is 7.63. The maximum atomic E-state index is 12.7. The molecule has 27 heavy (non-hydrogen) atoms. The molecule has 4 aromatic rings. The third-order valence-electron chi connectivity index (χ3n) is 4.40. The van der Waals surface area contributed by atoms with Crippen LogP contribution in [0.5, 0.6) is 0 Å². The molecule has 0 spiro atoms. The molecular formula is C23H17ClO2S. The normalized spacial score (nSPS) is 11.0. The number of hydrogen-bond donors (Lipinski definition) is 0. The number of benzene rings is 4. The number of esters is 1. The van der Waals surface area contributed by atoms with Crippen LogP contribution in [0, 0.1) is 0 Å². The standard InChI is InChI=1S/C23H17ClO2S/c1-2-26-23(25)21-17-7-3-5-9-19(17)22(20-10-6-4-8-18(20)21)27-16-13-11-15(24)12-14-16/h3-14H,2H2,1H3. The number of carbonyl (C=O) groups is 1. The number of halogens is 1. The summed E-state index contributed by atoms with van der Waals surface area (Å²) in [6, 6.07) is 23.8. The van der Waals surface area contributed by atoms with Gasteiger partial charge in [0.2, 0.25) is 0 Å². The molecule has 0 bridgehead atoms. The van der Waals surface area contributed by atoms with Crippen LogP contribution in [0.3, 0.4) is 0 Å². The van der Waals surface area contributed by atoms with E-state index in [1.807, 2.05) is 67.6 Å². The second-order valence-corrected chi connectivity index (χ2v) is 7.59. The molecule has 0 aliphatic heterocycles. The fraction of sp³-hybridized carbons (Fsp3) is 0.0870. The van der Waals surface area contributed by atoms with Crippen LogP contribution in [0.25, 0.3) is 21.5 Å². The maximum absolute atomic E-state index is 12.7. The van der Waals surface area contributed by atoms with Crippen LogP contribution in [0.15, 0.2) is 82.6 Å². The first-order chi connectivity index (χ1) is 13.2. The largest absolute Gasteiger partial charge is 0.462 e. The molecule has 0 fully saturated rings. The van der Waals surface area contributed by atoms with Crippen molar-refractivity contribution in [3.63, 3.8) is 0 Å². The van der Waals surface area contributed by atoms with E-state index >= 15 is 0 Å². The Morgan fingerprint density at radius 2 is 1.37 bits per heavy atom.